The molecule has 1 saturated heterocycles. The molecule has 1 aromatic rings. The van der Waals surface area contributed by atoms with Crippen LogP contribution in [0.2, 0.25) is 0 Å². The molecule has 2 heterocycles. The number of nitrogens with zero attached hydrogens (tertiary/aromatic N) is 3. The Bertz CT molecular complexity index is 330. The molecule has 6 heteroatoms. The van der Waals surface area contributed by atoms with Crippen LogP contribution < -0.4 is 5.73 Å². The number of nitrogen functional groups attached to an aromatic ring is 1. The van der Waals surface area contributed by atoms with Crippen LogP contribution in [0, 0.1) is 0 Å². The third-order valence-electron chi connectivity index (χ3n) is 2.67. The smallest absolute Gasteiger partial charge is 0.132 e. The Morgan fingerprint density at radius 3 is 3.07 bits per heavy atom. The van der Waals surface area contributed by atoms with E-state index in [-0.39, 0.29) is 6.10 Å². The lowest BCUT2D eigenvalue weighted by atomic mass is 10.2. The molecule has 2 N–H and O–H groups in total. The lowest BCUT2D eigenvalue weighted by Gasteiger charge is -2.36. The molecule has 0 aromatic carbocycles. The van der Waals surface area contributed by atoms with Crippen LogP contribution in [-0.4, -0.2) is 39.8 Å². The van der Waals surface area contributed by atoms with Crippen LogP contribution in [0.4, 0.5) is 5.00 Å². The van der Waals surface area contributed by atoms with Crippen molar-refractivity contribution in [3.63, 3.8) is 0 Å². The molecule has 84 valence electrons. The molecule has 5 nitrogen and oxygen atoms in total. The van der Waals surface area contributed by atoms with Gasteiger partial charge in [0.25, 0.3) is 0 Å². The molecule has 0 spiro atoms. The first-order chi connectivity index (χ1) is 7.16. The first-order valence-corrected chi connectivity index (χ1v) is 5.86. The van der Waals surface area contributed by atoms with Crippen molar-refractivity contribution >= 4 is 16.5 Å². The normalized spacial score (nSPS) is 28.1. The number of ether oxygens (including phenoxy) is 1. The van der Waals surface area contributed by atoms with Gasteiger partial charge < -0.3 is 10.5 Å². The maximum atomic E-state index is 5.77. The summed E-state index contributed by atoms with van der Waals surface area (Å²) in [6.07, 6.45) is 0.286. The number of anilines is 1. The van der Waals surface area contributed by atoms with E-state index in [9.17, 15) is 0 Å². The SMILES string of the molecule is CC1CN(Cc2nnsc2N)C(C)CO1. The third kappa shape index (κ3) is 2.45. The Morgan fingerprint density at radius 1 is 1.60 bits per heavy atom. The van der Waals surface area contributed by atoms with Gasteiger partial charge in [0.15, 0.2) is 0 Å². The second kappa shape index (κ2) is 4.42. The van der Waals surface area contributed by atoms with Crippen LogP contribution >= 0.6 is 11.5 Å². The summed E-state index contributed by atoms with van der Waals surface area (Å²) in [5.74, 6) is 0. The van der Waals surface area contributed by atoms with Crippen LogP contribution in [0.25, 0.3) is 0 Å². The minimum absolute atomic E-state index is 0.286. The molecule has 0 aliphatic carbocycles. The van der Waals surface area contributed by atoms with E-state index >= 15 is 0 Å². The second-order valence-electron chi connectivity index (χ2n) is 4.01. The number of hydrogen-bond acceptors (Lipinski definition) is 6. The maximum absolute atomic E-state index is 5.77. The van der Waals surface area contributed by atoms with Gasteiger partial charge in [0.2, 0.25) is 0 Å². The Kier molecular flexibility index (Phi) is 3.18. The van der Waals surface area contributed by atoms with Gasteiger partial charge in [-0.15, -0.1) is 5.10 Å². The average Bonchev–Trinajstić information content (AvgIpc) is 2.58. The van der Waals surface area contributed by atoms with Crippen molar-refractivity contribution < 1.29 is 4.74 Å². The van der Waals surface area contributed by atoms with E-state index in [1.54, 1.807) is 0 Å². The zero-order chi connectivity index (χ0) is 10.8. The highest BCUT2D eigenvalue weighted by Gasteiger charge is 2.24. The quantitative estimate of drug-likeness (QED) is 0.808. The van der Waals surface area contributed by atoms with Crippen LogP contribution in [0.5, 0.6) is 0 Å². The van der Waals surface area contributed by atoms with Crippen LogP contribution in [0.1, 0.15) is 19.5 Å². The molecule has 0 amide bonds. The molecule has 0 saturated carbocycles. The summed E-state index contributed by atoms with van der Waals surface area (Å²) in [6, 6.07) is 0.419. The van der Waals surface area contributed by atoms with Crippen molar-refractivity contribution in [2.45, 2.75) is 32.5 Å². The summed E-state index contributed by atoms with van der Waals surface area (Å²) >= 11 is 1.25. The van der Waals surface area contributed by atoms with Crippen molar-refractivity contribution in [3.8, 4) is 0 Å². The van der Waals surface area contributed by atoms with Crippen LogP contribution in [-0.2, 0) is 11.3 Å². The Labute approximate surface area is 93.4 Å². The summed E-state index contributed by atoms with van der Waals surface area (Å²) in [4.78, 5) is 2.33. The molecule has 2 unspecified atom stereocenters. The first-order valence-electron chi connectivity index (χ1n) is 5.09. The Hall–Kier alpha value is -0.720. The average molecular weight is 228 g/mol. The lowest BCUT2D eigenvalue weighted by molar-refractivity contribution is -0.0529. The van der Waals surface area contributed by atoms with E-state index in [4.69, 9.17) is 10.5 Å². The van der Waals surface area contributed by atoms with E-state index in [1.165, 1.54) is 11.5 Å². The molecular formula is C9H16N4OS. The number of nitrogens with two attached hydrogens (primary N) is 1. The lowest BCUT2D eigenvalue weighted by Crippen LogP contribution is -2.46. The maximum Gasteiger partial charge on any atom is 0.132 e. The molecule has 0 radical (unpaired) electrons. The van der Waals surface area contributed by atoms with Gasteiger partial charge in [0, 0.05) is 30.7 Å². The van der Waals surface area contributed by atoms with E-state index in [0.29, 0.717) is 6.04 Å². The summed E-state index contributed by atoms with van der Waals surface area (Å²) in [6.45, 7) is 6.72. The molecule has 2 rings (SSSR count). The molecule has 15 heavy (non-hydrogen) atoms. The molecular weight excluding hydrogens is 212 g/mol. The van der Waals surface area contributed by atoms with Gasteiger partial charge in [-0.3, -0.25) is 4.90 Å². The topological polar surface area (TPSA) is 64.3 Å². The van der Waals surface area contributed by atoms with Gasteiger partial charge in [0.1, 0.15) is 10.7 Å². The van der Waals surface area contributed by atoms with Gasteiger partial charge in [0.05, 0.1) is 12.7 Å². The Morgan fingerprint density at radius 2 is 2.40 bits per heavy atom. The zero-order valence-electron chi connectivity index (χ0n) is 9.01. The predicted molar refractivity (Wildman–Crippen MR) is 59.6 cm³/mol. The zero-order valence-corrected chi connectivity index (χ0v) is 9.83. The van der Waals surface area contributed by atoms with Gasteiger partial charge in [-0.2, -0.15) is 0 Å². The van der Waals surface area contributed by atoms with E-state index in [2.05, 4.69) is 28.3 Å². The van der Waals surface area contributed by atoms with Gasteiger partial charge >= 0.3 is 0 Å². The third-order valence-corrected chi connectivity index (χ3v) is 3.27. The number of hydrogen-bond donors (Lipinski definition) is 1. The van der Waals surface area contributed by atoms with Crippen molar-refractivity contribution in [2.24, 2.45) is 0 Å². The fourth-order valence-corrected chi connectivity index (χ4v) is 2.15. The number of morpholine rings is 1. The van der Waals surface area contributed by atoms with E-state index < -0.39 is 0 Å². The molecule has 1 fully saturated rings. The highest BCUT2D eigenvalue weighted by atomic mass is 32.1. The number of aromatic nitrogens is 2. The fraction of sp³-hybridized carbons (Fsp3) is 0.778. The molecule has 1 aliphatic heterocycles. The molecule has 1 aromatic heterocycles. The van der Waals surface area contributed by atoms with Crippen molar-refractivity contribution in [1.82, 2.24) is 14.5 Å². The molecule has 0 bridgehead atoms. The predicted octanol–water partition coefficient (Wildman–Crippen LogP) is 0.729. The van der Waals surface area contributed by atoms with Crippen LogP contribution in [0.3, 0.4) is 0 Å². The van der Waals surface area contributed by atoms with E-state index in [1.807, 2.05) is 0 Å². The standard InChI is InChI=1S/C9H16N4OS/c1-6-5-14-7(2)3-13(6)4-8-9(10)15-12-11-8/h6-7H,3-5,10H2,1-2H3. The van der Waals surface area contributed by atoms with Gasteiger partial charge in [-0.25, -0.2) is 0 Å². The summed E-state index contributed by atoms with van der Waals surface area (Å²) in [7, 11) is 0. The summed E-state index contributed by atoms with van der Waals surface area (Å²) < 4.78 is 9.40. The minimum atomic E-state index is 0.286. The Balaban J connectivity index is 2.01. The fourth-order valence-electron chi connectivity index (χ4n) is 1.71. The van der Waals surface area contributed by atoms with Crippen molar-refractivity contribution in [1.29, 1.82) is 0 Å². The largest absolute Gasteiger partial charge is 0.388 e. The van der Waals surface area contributed by atoms with Crippen molar-refractivity contribution in [3.05, 3.63) is 5.69 Å². The highest BCUT2D eigenvalue weighted by molar-refractivity contribution is 7.09. The van der Waals surface area contributed by atoms with Crippen LogP contribution in [0.15, 0.2) is 0 Å². The highest BCUT2D eigenvalue weighted by Crippen LogP contribution is 2.19. The van der Waals surface area contributed by atoms with Crippen molar-refractivity contribution in [2.75, 3.05) is 18.9 Å². The molecule has 2 atom stereocenters. The van der Waals surface area contributed by atoms with Gasteiger partial charge in [-0.1, -0.05) is 4.49 Å². The minimum Gasteiger partial charge on any atom is -0.388 e. The molecule has 1 aliphatic rings. The monoisotopic (exact) mass is 228 g/mol. The second-order valence-corrected chi connectivity index (χ2v) is 4.79. The van der Waals surface area contributed by atoms with Gasteiger partial charge in [-0.05, 0) is 13.8 Å². The summed E-state index contributed by atoms with van der Waals surface area (Å²) in [5, 5.41) is 4.75. The first kappa shape index (κ1) is 10.8. The van der Waals surface area contributed by atoms with E-state index in [0.717, 1.165) is 30.4 Å². The number of rotatable bonds is 2. The summed E-state index contributed by atoms with van der Waals surface area (Å²) in [5.41, 5.74) is 6.66.